The molecule has 2 rings (SSSR count). The van der Waals surface area contributed by atoms with E-state index in [0.29, 0.717) is 0 Å². The van der Waals surface area contributed by atoms with Gasteiger partial charge in [-0.1, -0.05) is 87.0 Å². The maximum absolute atomic E-state index is 2.39. The van der Waals surface area contributed by atoms with E-state index in [1.807, 2.05) is 0 Å². The predicted molar refractivity (Wildman–Crippen MR) is 84.0 cm³/mol. The molecule has 0 radical (unpaired) electrons. The van der Waals surface area contributed by atoms with Crippen LogP contribution in [0.15, 0.2) is 66.7 Å². The second-order valence-electron chi connectivity index (χ2n) is 5.10. The molecule has 0 heterocycles. The quantitative estimate of drug-likeness (QED) is 0.652. The molecule has 0 aliphatic heterocycles. The molecule has 0 bridgehead atoms. The van der Waals surface area contributed by atoms with Crippen molar-refractivity contribution >= 4 is 5.57 Å². The fourth-order valence-electron chi connectivity index (χ4n) is 2.12. The molecule has 0 saturated carbocycles. The molecule has 0 saturated heterocycles. The zero-order chi connectivity index (χ0) is 13.5. The number of hydrogen-bond acceptors (Lipinski definition) is 0. The van der Waals surface area contributed by atoms with Crippen molar-refractivity contribution < 1.29 is 0 Å². The molecule has 0 aromatic heterocycles. The lowest BCUT2D eigenvalue weighted by Gasteiger charge is -2.11. The van der Waals surface area contributed by atoms with E-state index in [2.05, 4.69) is 80.6 Å². The average molecular weight is 250 g/mol. The van der Waals surface area contributed by atoms with Gasteiger partial charge in [-0.3, -0.25) is 0 Å². The standard InChI is InChI=1S/C19H22/c1-3-16(2)14-15-19(17-10-6-4-7-11-17)18-12-8-5-9-13-18/h4-13,15-16H,3,14H2,1-2H3. The van der Waals surface area contributed by atoms with Crippen LogP contribution in [-0.2, 0) is 0 Å². The molecule has 0 aliphatic carbocycles. The smallest absolute Gasteiger partial charge is 0.0151 e. The second-order valence-corrected chi connectivity index (χ2v) is 5.10. The van der Waals surface area contributed by atoms with Crippen LogP contribution in [0, 0.1) is 5.92 Å². The van der Waals surface area contributed by atoms with Gasteiger partial charge in [0, 0.05) is 0 Å². The first-order valence-electron chi connectivity index (χ1n) is 7.12. The molecule has 98 valence electrons. The third-order valence-corrected chi connectivity index (χ3v) is 3.59. The van der Waals surface area contributed by atoms with Crippen LogP contribution in [0.25, 0.3) is 5.57 Å². The van der Waals surface area contributed by atoms with Gasteiger partial charge in [-0.05, 0) is 29.0 Å². The molecule has 1 atom stereocenters. The molecule has 2 aromatic carbocycles. The molecule has 0 heteroatoms. The van der Waals surface area contributed by atoms with E-state index >= 15 is 0 Å². The fourth-order valence-corrected chi connectivity index (χ4v) is 2.12. The first-order chi connectivity index (χ1) is 9.31. The van der Waals surface area contributed by atoms with E-state index in [-0.39, 0.29) is 0 Å². The summed E-state index contributed by atoms with van der Waals surface area (Å²) >= 11 is 0. The summed E-state index contributed by atoms with van der Waals surface area (Å²) in [6, 6.07) is 21.3. The van der Waals surface area contributed by atoms with Gasteiger partial charge in [-0.2, -0.15) is 0 Å². The molecule has 0 amide bonds. The minimum absolute atomic E-state index is 0.738. The van der Waals surface area contributed by atoms with Crippen molar-refractivity contribution in [3.05, 3.63) is 77.9 Å². The van der Waals surface area contributed by atoms with Crippen LogP contribution in [0.5, 0.6) is 0 Å². The van der Waals surface area contributed by atoms with Gasteiger partial charge >= 0.3 is 0 Å². The highest BCUT2D eigenvalue weighted by Crippen LogP contribution is 2.25. The lowest BCUT2D eigenvalue weighted by atomic mass is 9.94. The average Bonchev–Trinajstić information content (AvgIpc) is 2.49. The predicted octanol–water partition coefficient (Wildman–Crippen LogP) is 5.55. The molecule has 0 spiro atoms. The Hall–Kier alpha value is -1.82. The topological polar surface area (TPSA) is 0 Å². The fraction of sp³-hybridized carbons (Fsp3) is 0.263. The summed E-state index contributed by atoms with van der Waals surface area (Å²) < 4.78 is 0. The van der Waals surface area contributed by atoms with E-state index in [1.54, 1.807) is 0 Å². The zero-order valence-corrected chi connectivity index (χ0v) is 11.8. The van der Waals surface area contributed by atoms with Crippen LogP contribution in [0.1, 0.15) is 37.8 Å². The Labute approximate surface area is 116 Å². The second kappa shape index (κ2) is 6.94. The highest BCUT2D eigenvalue weighted by molar-refractivity contribution is 5.79. The van der Waals surface area contributed by atoms with Crippen molar-refractivity contribution in [2.75, 3.05) is 0 Å². The Morgan fingerprint density at radius 1 is 0.895 bits per heavy atom. The van der Waals surface area contributed by atoms with Crippen LogP contribution >= 0.6 is 0 Å². The largest absolute Gasteiger partial charge is 0.0758 e. The third-order valence-electron chi connectivity index (χ3n) is 3.59. The van der Waals surface area contributed by atoms with E-state index < -0.39 is 0 Å². The molecule has 1 unspecified atom stereocenters. The molecule has 2 aromatic rings. The van der Waals surface area contributed by atoms with E-state index in [0.717, 1.165) is 12.3 Å². The van der Waals surface area contributed by atoms with Gasteiger partial charge in [0.25, 0.3) is 0 Å². The summed E-state index contributed by atoms with van der Waals surface area (Å²) in [6.45, 7) is 4.56. The van der Waals surface area contributed by atoms with Crippen molar-refractivity contribution in [1.29, 1.82) is 0 Å². The van der Waals surface area contributed by atoms with Gasteiger partial charge in [-0.15, -0.1) is 0 Å². The Bertz CT molecular complexity index is 467. The number of hydrogen-bond donors (Lipinski definition) is 0. The van der Waals surface area contributed by atoms with Crippen molar-refractivity contribution in [1.82, 2.24) is 0 Å². The first kappa shape index (κ1) is 13.6. The summed E-state index contributed by atoms with van der Waals surface area (Å²) in [5.41, 5.74) is 3.95. The molecule has 0 N–H and O–H groups in total. The summed E-state index contributed by atoms with van der Waals surface area (Å²) in [5.74, 6) is 0.738. The lowest BCUT2D eigenvalue weighted by Crippen LogP contribution is -1.92. The van der Waals surface area contributed by atoms with Crippen LogP contribution < -0.4 is 0 Å². The number of allylic oxidation sites excluding steroid dienone is 1. The summed E-state index contributed by atoms with van der Waals surface area (Å²) in [4.78, 5) is 0. The van der Waals surface area contributed by atoms with Gasteiger partial charge in [0.05, 0.1) is 0 Å². The first-order valence-corrected chi connectivity index (χ1v) is 7.12. The third kappa shape index (κ3) is 3.82. The molecule has 0 fully saturated rings. The van der Waals surface area contributed by atoms with Gasteiger partial charge in [-0.25, -0.2) is 0 Å². The van der Waals surface area contributed by atoms with Gasteiger partial charge < -0.3 is 0 Å². The minimum Gasteiger partial charge on any atom is -0.0758 e. The summed E-state index contributed by atoms with van der Waals surface area (Å²) in [7, 11) is 0. The highest BCUT2D eigenvalue weighted by atomic mass is 14.1. The SMILES string of the molecule is CCC(C)CC=C(c1ccccc1)c1ccccc1. The summed E-state index contributed by atoms with van der Waals surface area (Å²) in [5, 5.41) is 0. The van der Waals surface area contributed by atoms with Crippen molar-refractivity contribution in [2.24, 2.45) is 5.92 Å². The maximum atomic E-state index is 2.39. The van der Waals surface area contributed by atoms with Gasteiger partial charge in [0.15, 0.2) is 0 Å². The van der Waals surface area contributed by atoms with Crippen molar-refractivity contribution in [2.45, 2.75) is 26.7 Å². The summed E-state index contributed by atoms with van der Waals surface area (Å²) in [6.07, 6.45) is 4.75. The van der Waals surface area contributed by atoms with E-state index in [9.17, 15) is 0 Å². The molecular formula is C19H22. The van der Waals surface area contributed by atoms with Crippen LogP contribution in [0.3, 0.4) is 0 Å². The molecular weight excluding hydrogens is 228 g/mol. The molecule has 19 heavy (non-hydrogen) atoms. The Morgan fingerprint density at radius 3 is 1.79 bits per heavy atom. The zero-order valence-electron chi connectivity index (χ0n) is 11.8. The monoisotopic (exact) mass is 250 g/mol. The lowest BCUT2D eigenvalue weighted by molar-refractivity contribution is 0.572. The van der Waals surface area contributed by atoms with E-state index in [4.69, 9.17) is 0 Å². The maximum Gasteiger partial charge on any atom is -0.0151 e. The number of benzene rings is 2. The highest BCUT2D eigenvalue weighted by Gasteiger charge is 2.05. The Kier molecular flexibility index (Phi) is 4.97. The van der Waals surface area contributed by atoms with E-state index in [1.165, 1.54) is 23.1 Å². The van der Waals surface area contributed by atoms with Gasteiger partial charge in [0.2, 0.25) is 0 Å². The van der Waals surface area contributed by atoms with Crippen LogP contribution in [0.4, 0.5) is 0 Å². The Morgan fingerprint density at radius 2 is 1.37 bits per heavy atom. The normalized spacial score (nSPS) is 11.9. The Balaban J connectivity index is 2.34. The molecule has 0 aliphatic rings. The van der Waals surface area contributed by atoms with Crippen molar-refractivity contribution in [3.8, 4) is 0 Å². The minimum atomic E-state index is 0.738. The van der Waals surface area contributed by atoms with Crippen LogP contribution in [0.2, 0.25) is 0 Å². The van der Waals surface area contributed by atoms with Crippen molar-refractivity contribution in [3.63, 3.8) is 0 Å². The number of rotatable bonds is 5. The van der Waals surface area contributed by atoms with Crippen LogP contribution in [-0.4, -0.2) is 0 Å². The molecule has 0 nitrogen and oxygen atoms in total. The van der Waals surface area contributed by atoms with Gasteiger partial charge in [0.1, 0.15) is 0 Å².